The molecule has 0 aliphatic carbocycles. The van der Waals surface area contributed by atoms with E-state index in [4.69, 9.17) is 27.9 Å². The molecule has 1 heterocycles. The van der Waals surface area contributed by atoms with Gasteiger partial charge in [0.15, 0.2) is 5.82 Å². The van der Waals surface area contributed by atoms with Crippen molar-refractivity contribution in [2.45, 2.75) is 18.9 Å². The van der Waals surface area contributed by atoms with Crippen LogP contribution in [0.1, 0.15) is 24.5 Å². The third kappa shape index (κ3) is 1.88. The van der Waals surface area contributed by atoms with Gasteiger partial charge in [0.1, 0.15) is 0 Å². The second-order valence-corrected chi connectivity index (χ2v) is 4.11. The maximum Gasteiger partial charge on any atom is 0.160 e. The van der Waals surface area contributed by atoms with Crippen LogP contribution >= 0.6 is 23.2 Å². The van der Waals surface area contributed by atoms with Gasteiger partial charge in [0.2, 0.25) is 0 Å². The van der Waals surface area contributed by atoms with Crippen LogP contribution in [0.4, 0.5) is 4.39 Å². The Kier molecular flexibility index (Phi) is 2.96. The van der Waals surface area contributed by atoms with E-state index in [1.54, 1.807) is 12.1 Å². The lowest BCUT2D eigenvalue weighted by atomic mass is 10.1. The number of benzene rings is 1. The van der Waals surface area contributed by atoms with Crippen molar-refractivity contribution in [2.75, 3.05) is 6.61 Å². The van der Waals surface area contributed by atoms with Gasteiger partial charge in [-0.3, -0.25) is 0 Å². The summed E-state index contributed by atoms with van der Waals surface area (Å²) in [6.07, 6.45) is 1.99. The Morgan fingerprint density at radius 1 is 1.29 bits per heavy atom. The highest BCUT2D eigenvalue weighted by atomic mass is 35.5. The van der Waals surface area contributed by atoms with Crippen LogP contribution in [0.15, 0.2) is 12.1 Å². The van der Waals surface area contributed by atoms with Gasteiger partial charge in [-0.05, 0) is 30.5 Å². The summed E-state index contributed by atoms with van der Waals surface area (Å²) in [5, 5.41) is 0.117. The number of ether oxygens (including phenoxy) is 1. The molecule has 0 radical (unpaired) electrons. The molecule has 1 atom stereocenters. The first kappa shape index (κ1) is 10.2. The van der Waals surface area contributed by atoms with E-state index in [1.165, 1.54) is 0 Å². The summed E-state index contributed by atoms with van der Waals surface area (Å²) in [6, 6.07) is 3.16. The van der Waals surface area contributed by atoms with E-state index in [0.717, 1.165) is 25.0 Å². The van der Waals surface area contributed by atoms with Crippen molar-refractivity contribution in [1.82, 2.24) is 0 Å². The van der Waals surface area contributed by atoms with E-state index in [2.05, 4.69) is 0 Å². The molecule has 1 saturated heterocycles. The Labute approximate surface area is 91.8 Å². The predicted octanol–water partition coefficient (Wildman–Crippen LogP) is 3.98. The Morgan fingerprint density at radius 3 is 2.43 bits per heavy atom. The molecule has 0 bridgehead atoms. The van der Waals surface area contributed by atoms with Crippen LogP contribution in [0, 0.1) is 5.82 Å². The first-order chi connectivity index (χ1) is 6.68. The summed E-state index contributed by atoms with van der Waals surface area (Å²) >= 11 is 11.4. The SMILES string of the molecule is Fc1c(Cl)cc(C2CCCO2)cc1Cl. The van der Waals surface area contributed by atoms with E-state index in [0.29, 0.717) is 0 Å². The number of hydrogen-bond acceptors (Lipinski definition) is 1. The van der Waals surface area contributed by atoms with Crippen LogP contribution in [-0.4, -0.2) is 6.61 Å². The van der Waals surface area contributed by atoms with Crippen molar-refractivity contribution in [3.05, 3.63) is 33.6 Å². The van der Waals surface area contributed by atoms with E-state index in [1.807, 2.05) is 0 Å². The molecule has 0 amide bonds. The smallest absolute Gasteiger partial charge is 0.160 e. The zero-order chi connectivity index (χ0) is 10.1. The van der Waals surface area contributed by atoms with Gasteiger partial charge in [0.05, 0.1) is 16.1 Å². The van der Waals surface area contributed by atoms with Gasteiger partial charge in [-0.1, -0.05) is 23.2 Å². The van der Waals surface area contributed by atoms with Crippen molar-refractivity contribution >= 4 is 23.2 Å². The monoisotopic (exact) mass is 234 g/mol. The molecule has 14 heavy (non-hydrogen) atoms. The zero-order valence-electron chi connectivity index (χ0n) is 7.40. The Balaban J connectivity index is 2.34. The molecule has 1 nitrogen and oxygen atoms in total. The maximum atomic E-state index is 13.1. The summed E-state index contributed by atoms with van der Waals surface area (Å²) in [6.45, 7) is 0.747. The number of rotatable bonds is 1. The van der Waals surface area contributed by atoms with Gasteiger partial charge >= 0.3 is 0 Å². The van der Waals surface area contributed by atoms with E-state index in [9.17, 15) is 4.39 Å². The highest BCUT2D eigenvalue weighted by Crippen LogP contribution is 2.33. The molecule has 1 aliphatic heterocycles. The highest BCUT2D eigenvalue weighted by Gasteiger charge is 2.20. The fraction of sp³-hybridized carbons (Fsp3) is 0.400. The van der Waals surface area contributed by atoms with Crippen molar-refractivity contribution < 1.29 is 9.13 Å². The third-order valence-electron chi connectivity index (χ3n) is 2.31. The van der Waals surface area contributed by atoms with Crippen LogP contribution in [0.3, 0.4) is 0 Å². The largest absolute Gasteiger partial charge is 0.374 e. The predicted molar refractivity (Wildman–Crippen MR) is 54.3 cm³/mol. The minimum Gasteiger partial charge on any atom is -0.374 e. The van der Waals surface area contributed by atoms with E-state index >= 15 is 0 Å². The van der Waals surface area contributed by atoms with Gasteiger partial charge in [-0.2, -0.15) is 0 Å². The van der Waals surface area contributed by atoms with Crippen molar-refractivity contribution in [2.24, 2.45) is 0 Å². The van der Waals surface area contributed by atoms with Gasteiger partial charge in [-0.15, -0.1) is 0 Å². The standard InChI is InChI=1S/C10H9Cl2FO/c11-7-4-6(5-8(12)10(7)13)9-2-1-3-14-9/h4-5,9H,1-3H2. The Bertz CT molecular complexity index is 325. The summed E-state index contributed by atoms with van der Waals surface area (Å²) in [7, 11) is 0. The molecule has 0 N–H and O–H groups in total. The molecule has 0 spiro atoms. The Morgan fingerprint density at radius 2 is 1.93 bits per heavy atom. The molecule has 4 heteroatoms. The fourth-order valence-electron chi connectivity index (χ4n) is 1.60. The normalized spacial score (nSPS) is 21.5. The highest BCUT2D eigenvalue weighted by molar-refractivity contribution is 6.35. The third-order valence-corrected chi connectivity index (χ3v) is 2.86. The topological polar surface area (TPSA) is 9.23 Å². The van der Waals surface area contributed by atoms with Crippen LogP contribution in [-0.2, 0) is 4.74 Å². The van der Waals surface area contributed by atoms with E-state index < -0.39 is 5.82 Å². The van der Waals surface area contributed by atoms with E-state index in [-0.39, 0.29) is 16.1 Å². The lowest BCUT2D eigenvalue weighted by molar-refractivity contribution is 0.112. The number of hydrogen-bond donors (Lipinski definition) is 0. The molecular weight excluding hydrogens is 226 g/mol. The van der Waals surface area contributed by atoms with Crippen molar-refractivity contribution in [1.29, 1.82) is 0 Å². The Hall–Kier alpha value is -0.310. The molecule has 0 saturated carbocycles. The summed E-state index contributed by atoms with van der Waals surface area (Å²) in [4.78, 5) is 0. The maximum absolute atomic E-state index is 13.1. The average molecular weight is 235 g/mol. The first-order valence-corrected chi connectivity index (χ1v) is 5.20. The van der Waals surface area contributed by atoms with Gasteiger partial charge < -0.3 is 4.74 Å². The lowest BCUT2D eigenvalue weighted by Gasteiger charge is -2.10. The minimum absolute atomic E-state index is 0.0191. The summed E-state index contributed by atoms with van der Waals surface area (Å²) < 4.78 is 18.5. The van der Waals surface area contributed by atoms with Crippen molar-refractivity contribution in [3.8, 4) is 0 Å². The van der Waals surface area contributed by atoms with Crippen LogP contribution in [0.25, 0.3) is 0 Å². The lowest BCUT2D eigenvalue weighted by Crippen LogP contribution is -1.96. The van der Waals surface area contributed by atoms with Gasteiger partial charge in [0, 0.05) is 6.61 Å². The zero-order valence-corrected chi connectivity index (χ0v) is 8.91. The van der Waals surface area contributed by atoms with Crippen LogP contribution in [0.2, 0.25) is 10.0 Å². The molecule has 1 aromatic carbocycles. The molecular formula is C10H9Cl2FO. The summed E-state index contributed by atoms with van der Waals surface area (Å²) in [5.41, 5.74) is 0.860. The molecule has 0 aromatic heterocycles. The molecule has 1 aromatic rings. The fourth-order valence-corrected chi connectivity index (χ4v) is 2.11. The quantitative estimate of drug-likeness (QED) is 0.669. The minimum atomic E-state index is -0.560. The molecule has 2 rings (SSSR count). The van der Waals surface area contributed by atoms with Crippen LogP contribution < -0.4 is 0 Å². The molecule has 76 valence electrons. The van der Waals surface area contributed by atoms with Gasteiger partial charge in [0.25, 0.3) is 0 Å². The second kappa shape index (κ2) is 4.05. The molecule has 1 fully saturated rings. The summed E-state index contributed by atoms with van der Waals surface area (Å²) in [5.74, 6) is -0.560. The average Bonchev–Trinajstić information content (AvgIpc) is 2.66. The van der Waals surface area contributed by atoms with Crippen molar-refractivity contribution in [3.63, 3.8) is 0 Å². The second-order valence-electron chi connectivity index (χ2n) is 3.30. The first-order valence-electron chi connectivity index (χ1n) is 4.44. The number of halogens is 3. The van der Waals surface area contributed by atoms with Gasteiger partial charge in [-0.25, -0.2) is 4.39 Å². The molecule has 1 aliphatic rings. The molecule has 1 unspecified atom stereocenters. The van der Waals surface area contributed by atoms with Crippen LogP contribution in [0.5, 0.6) is 0 Å².